The molecule has 1 amide bonds. The quantitative estimate of drug-likeness (QED) is 0.774. The number of amides is 1. The minimum atomic E-state index is -0.0866. The molecule has 0 aliphatic rings. The van der Waals surface area contributed by atoms with Gasteiger partial charge in [0, 0.05) is 22.1 Å². The standard InChI is InChI=1S/C14H19Br2NO2/c1-14(2,6-3-7-18)9-17-13(19)11-5-4-10(15)8-12(11)16/h4-5,8,18H,3,6-7,9H2,1-2H3,(H,17,19). The summed E-state index contributed by atoms with van der Waals surface area (Å²) in [5.41, 5.74) is 0.612. The zero-order valence-corrected chi connectivity index (χ0v) is 14.3. The Morgan fingerprint density at radius 2 is 2.05 bits per heavy atom. The van der Waals surface area contributed by atoms with E-state index in [2.05, 4.69) is 51.0 Å². The normalized spacial score (nSPS) is 11.4. The first-order chi connectivity index (χ1) is 8.85. The fourth-order valence-electron chi connectivity index (χ4n) is 1.73. The van der Waals surface area contributed by atoms with Gasteiger partial charge in [-0.15, -0.1) is 0 Å². The van der Waals surface area contributed by atoms with Crippen molar-refractivity contribution in [3.8, 4) is 0 Å². The van der Waals surface area contributed by atoms with Gasteiger partial charge in [-0.3, -0.25) is 4.79 Å². The van der Waals surface area contributed by atoms with Gasteiger partial charge in [0.2, 0.25) is 0 Å². The second-order valence-electron chi connectivity index (χ2n) is 5.30. The van der Waals surface area contributed by atoms with Crippen LogP contribution in [-0.2, 0) is 0 Å². The molecular formula is C14H19Br2NO2. The van der Waals surface area contributed by atoms with E-state index >= 15 is 0 Å². The van der Waals surface area contributed by atoms with E-state index in [0.29, 0.717) is 12.1 Å². The van der Waals surface area contributed by atoms with Gasteiger partial charge >= 0.3 is 0 Å². The predicted molar refractivity (Wildman–Crippen MR) is 84.3 cm³/mol. The molecule has 0 unspecified atom stereocenters. The molecule has 3 nitrogen and oxygen atoms in total. The van der Waals surface area contributed by atoms with Crippen molar-refractivity contribution in [2.75, 3.05) is 13.2 Å². The number of hydrogen-bond acceptors (Lipinski definition) is 2. The number of aliphatic hydroxyl groups excluding tert-OH is 1. The molecule has 0 atom stereocenters. The van der Waals surface area contributed by atoms with Crippen molar-refractivity contribution in [1.82, 2.24) is 5.32 Å². The first-order valence-electron chi connectivity index (χ1n) is 6.20. The third kappa shape index (κ3) is 5.63. The number of aliphatic hydroxyl groups is 1. The molecule has 0 bridgehead atoms. The van der Waals surface area contributed by atoms with Gasteiger partial charge < -0.3 is 10.4 Å². The third-order valence-electron chi connectivity index (χ3n) is 2.91. The van der Waals surface area contributed by atoms with Crippen LogP contribution < -0.4 is 5.32 Å². The van der Waals surface area contributed by atoms with Crippen LogP contribution in [0.5, 0.6) is 0 Å². The highest BCUT2D eigenvalue weighted by molar-refractivity contribution is 9.11. The Morgan fingerprint density at radius 1 is 1.37 bits per heavy atom. The Kier molecular flexibility index (Phi) is 6.50. The summed E-state index contributed by atoms with van der Waals surface area (Å²) in [7, 11) is 0. The number of rotatable bonds is 6. The maximum Gasteiger partial charge on any atom is 0.252 e. The Bertz CT molecular complexity index is 447. The average Bonchev–Trinajstić information content (AvgIpc) is 2.34. The molecule has 0 saturated heterocycles. The molecule has 0 saturated carbocycles. The second kappa shape index (κ2) is 7.41. The van der Waals surface area contributed by atoms with Crippen LogP contribution in [0.1, 0.15) is 37.0 Å². The van der Waals surface area contributed by atoms with Crippen LogP contribution >= 0.6 is 31.9 Å². The van der Waals surface area contributed by atoms with Gasteiger partial charge in [-0.2, -0.15) is 0 Å². The number of hydrogen-bond donors (Lipinski definition) is 2. The number of carbonyl (C=O) groups excluding carboxylic acids is 1. The largest absolute Gasteiger partial charge is 0.396 e. The fourth-order valence-corrected chi connectivity index (χ4v) is 2.96. The van der Waals surface area contributed by atoms with E-state index < -0.39 is 0 Å². The van der Waals surface area contributed by atoms with Crippen molar-refractivity contribution < 1.29 is 9.90 Å². The highest BCUT2D eigenvalue weighted by atomic mass is 79.9. The van der Waals surface area contributed by atoms with Gasteiger partial charge in [-0.05, 0) is 52.4 Å². The van der Waals surface area contributed by atoms with Crippen molar-refractivity contribution in [2.45, 2.75) is 26.7 Å². The molecule has 0 aromatic heterocycles. The lowest BCUT2D eigenvalue weighted by molar-refractivity contribution is 0.0932. The molecule has 5 heteroatoms. The molecule has 0 heterocycles. The van der Waals surface area contributed by atoms with Crippen molar-refractivity contribution >= 4 is 37.8 Å². The molecule has 0 aliphatic heterocycles. The highest BCUT2D eigenvalue weighted by Gasteiger charge is 2.19. The summed E-state index contributed by atoms with van der Waals surface area (Å²) in [4.78, 5) is 12.1. The molecule has 2 N–H and O–H groups in total. The summed E-state index contributed by atoms with van der Waals surface area (Å²) in [6.45, 7) is 4.95. The van der Waals surface area contributed by atoms with E-state index in [4.69, 9.17) is 5.11 Å². The van der Waals surface area contributed by atoms with Crippen molar-refractivity contribution in [3.63, 3.8) is 0 Å². The van der Waals surface area contributed by atoms with E-state index in [9.17, 15) is 4.79 Å². The number of carbonyl (C=O) groups is 1. The number of benzene rings is 1. The van der Waals surface area contributed by atoms with Gasteiger partial charge in [0.25, 0.3) is 5.91 Å². The van der Waals surface area contributed by atoms with Gasteiger partial charge in [0.15, 0.2) is 0 Å². The Labute approximate surface area is 131 Å². The van der Waals surface area contributed by atoms with Gasteiger partial charge in [0.1, 0.15) is 0 Å². The second-order valence-corrected chi connectivity index (χ2v) is 7.07. The summed E-state index contributed by atoms with van der Waals surface area (Å²) in [5.74, 6) is -0.0866. The molecule has 106 valence electrons. The van der Waals surface area contributed by atoms with E-state index in [0.717, 1.165) is 21.8 Å². The van der Waals surface area contributed by atoms with Gasteiger partial charge in [0.05, 0.1) is 5.56 Å². The zero-order chi connectivity index (χ0) is 14.5. The monoisotopic (exact) mass is 391 g/mol. The topological polar surface area (TPSA) is 49.3 Å². The third-order valence-corrected chi connectivity index (χ3v) is 4.06. The van der Waals surface area contributed by atoms with Crippen LogP contribution in [0.3, 0.4) is 0 Å². The average molecular weight is 393 g/mol. The van der Waals surface area contributed by atoms with Crippen LogP contribution in [0, 0.1) is 5.41 Å². The maximum atomic E-state index is 12.1. The van der Waals surface area contributed by atoms with Crippen LogP contribution in [-0.4, -0.2) is 24.2 Å². The summed E-state index contributed by atoms with van der Waals surface area (Å²) >= 11 is 6.75. The lowest BCUT2D eigenvalue weighted by atomic mass is 9.88. The van der Waals surface area contributed by atoms with Crippen LogP contribution in [0.15, 0.2) is 27.1 Å². The molecule has 1 rings (SSSR count). The van der Waals surface area contributed by atoms with Crippen LogP contribution in [0.25, 0.3) is 0 Å². The van der Waals surface area contributed by atoms with E-state index in [-0.39, 0.29) is 17.9 Å². The fraction of sp³-hybridized carbons (Fsp3) is 0.500. The smallest absolute Gasteiger partial charge is 0.252 e. The highest BCUT2D eigenvalue weighted by Crippen LogP contribution is 2.23. The molecular weight excluding hydrogens is 374 g/mol. The molecule has 0 radical (unpaired) electrons. The predicted octanol–water partition coefficient (Wildman–Crippen LogP) is 3.74. The maximum absolute atomic E-state index is 12.1. The first-order valence-corrected chi connectivity index (χ1v) is 7.78. The first kappa shape index (κ1) is 16.7. The lowest BCUT2D eigenvalue weighted by Crippen LogP contribution is -2.34. The molecule has 1 aromatic carbocycles. The Hall–Kier alpha value is -0.390. The van der Waals surface area contributed by atoms with E-state index in [1.165, 1.54) is 0 Å². The van der Waals surface area contributed by atoms with E-state index in [1.54, 1.807) is 6.07 Å². The molecule has 0 fully saturated rings. The summed E-state index contributed by atoms with van der Waals surface area (Å²) < 4.78 is 1.70. The SMILES string of the molecule is CC(C)(CCCO)CNC(=O)c1ccc(Br)cc1Br. The van der Waals surface area contributed by atoms with Crippen molar-refractivity contribution in [2.24, 2.45) is 5.41 Å². The van der Waals surface area contributed by atoms with Gasteiger partial charge in [-0.1, -0.05) is 29.8 Å². The minimum Gasteiger partial charge on any atom is -0.396 e. The number of halogens is 2. The summed E-state index contributed by atoms with van der Waals surface area (Å²) in [6.07, 6.45) is 1.64. The molecule has 1 aromatic rings. The van der Waals surface area contributed by atoms with Gasteiger partial charge in [-0.25, -0.2) is 0 Å². The molecule has 19 heavy (non-hydrogen) atoms. The summed E-state index contributed by atoms with van der Waals surface area (Å²) in [5, 5.41) is 11.8. The Morgan fingerprint density at radius 3 is 2.63 bits per heavy atom. The van der Waals surface area contributed by atoms with Crippen molar-refractivity contribution in [3.05, 3.63) is 32.7 Å². The van der Waals surface area contributed by atoms with Crippen molar-refractivity contribution in [1.29, 1.82) is 0 Å². The summed E-state index contributed by atoms with van der Waals surface area (Å²) in [6, 6.07) is 5.48. The molecule has 0 aliphatic carbocycles. The minimum absolute atomic E-state index is 0.0137. The molecule has 0 spiro atoms. The number of nitrogens with one attached hydrogen (secondary N) is 1. The zero-order valence-electron chi connectivity index (χ0n) is 11.2. The Balaban J connectivity index is 2.60. The van der Waals surface area contributed by atoms with Crippen LogP contribution in [0.4, 0.5) is 0 Å². The van der Waals surface area contributed by atoms with Crippen LogP contribution in [0.2, 0.25) is 0 Å². The van der Waals surface area contributed by atoms with E-state index in [1.807, 2.05) is 12.1 Å². The lowest BCUT2D eigenvalue weighted by Gasteiger charge is -2.24.